The van der Waals surface area contributed by atoms with Crippen LogP contribution < -0.4 is 10.1 Å². The molecule has 2 aromatic heterocycles. The second-order valence-corrected chi connectivity index (χ2v) is 2.63. The van der Waals surface area contributed by atoms with Crippen LogP contribution in [-0.2, 0) is 6.54 Å². The molecule has 0 spiro atoms. The number of rotatable bonds is 4. The van der Waals surface area contributed by atoms with Crippen LogP contribution in [0.2, 0.25) is 0 Å². The second kappa shape index (κ2) is 4.31. The molecule has 2 N–H and O–H groups in total. The predicted molar refractivity (Wildman–Crippen MR) is 50.1 cm³/mol. The summed E-state index contributed by atoms with van der Waals surface area (Å²) in [4.78, 5) is 8.03. The Morgan fingerprint density at radius 1 is 1.40 bits per heavy atom. The van der Waals surface area contributed by atoms with Gasteiger partial charge in [-0.3, -0.25) is 0 Å². The minimum Gasteiger partial charge on any atom is -0.494 e. The van der Waals surface area contributed by atoms with Crippen LogP contribution in [0.1, 0.15) is 5.82 Å². The molecule has 2 aromatic rings. The van der Waals surface area contributed by atoms with Crippen LogP contribution in [0.5, 0.6) is 5.75 Å². The van der Waals surface area contributed by atoms with E-state index in [1.165, 1.54) is 0 Å². The Morgan fingerprint density at radius 3 is 2.80 bits per heavy atom. The maximum Gasteiger partial charge on any atom is 0.223 e. The van der Waals surface area contributed by atoms with Gasteiger partial charge in [0, 0.05) is 0 Å². The molecule has 15 heavy (non-hydrogen) atoms. The van der Waals surface area contributed by atoms with Crippen LogP contribution in [-0.4, -0.2) is 37.7 Å². The molecule has 0 saturated heterocycles. The summed E-state index contributed by atoms with van der Waals surface area (Å²) < 4.78 is 4.93. The maximum absolute atomic E-state index is 4.93. The molecule has 0 unspecified atom stereocenters. The van der Waals surface area contributed by atoms with E-state index >= 15 is 0 Å². The van der Waals surface area contributed by atoms with E-state index in [1.54, 1.807) is 19.5 Å². The largest absolute Gasteiger partial charge is 0.494 e. The third-order valence-corrected chi connectivity index (χ3v) is 1.66. The van der Waals surface area contributed by atoms with Crippen LogP contribution in [0.4, 0.5) is 5.95 Å². The number of aromatic amines is 1. The lowest BCUT2D eigenvalue weighted by molar-refractivity contribution is 0.411. The van der Waals surface area contributed by atoms with Gasteiger partial charge in [-0.15, -0.1) is 10.2 Å². The highest BCUT2D eigenvalue weighted by molar-refractivity contribution is 5.26. The number of tetrazole rings is 1. The van der Waals surface area contributed by atoms with Gasteiger partial charge in [0.25, 0.3) is 0 Å². The number of nitrogens with zero attached hydrogens (tertiary/aromatic N) is 5. The smallest absolute Gasteiger partial charge is 0.223 e. The molecule has 2 heterocycles. The van der Waals surface area contributed by atoms with E-state index in [0.29, 0.717) is 24.1 Å². The predicted octanol–water partition coefficient (Wildman–Crippen LogP) is -0.390. The summed E-state index contributed by atoms with van der Waals surface area (Å²) in [7, 11) is 1.56. The summed E-state index contributed by atoms with van der Waals surface area (Å²) >= 11 is 0. The molecule has 0 aliphatic heterocycles. The third-order valence-electron chi connectivity index (χ3n) is 1.66. The highest BCUT2D eigenvalue weighted by Gasteiger charge is 2.00. The van der Waals surface area contributed by atoms with Crippen molar-refractivity contribution in [2.75, 3.05) is 12.4 Å². The molecule has 0 saturated carbocycles. The van der Waals surface area contributed by atoms with Crippen LogP contribution in [0.15, 0.2) is 12.4 Å². The van der Waals surface area contributed by atoms with Gasteiger partial charge in [-0.1, -0.05) is 5.21 Å². The molecule has 78 valence electrons. The fraction of sp³-hybridized carbons (Fsp3) is 0.286. The van der Waals surface area contributed by atoms with E-state index in [1.807, 2.05) is 0 Å². The van der Waals surface area contributed by atoms with Gasteiger partial charge in [-0.25, -0.2) is 9.97 Å². The number of hydrogen-bond donors (Lipinski definition) is 2. The SMILES string of the molecule is COc1cnc(NCc2nn[nH]n2)nc1. The van der Waals surface area contributed by atoms with Gasteiger partial charge >= 0.3 is 0 Å². The molecule has 0 fully saturated rings. The highest BCUT2D eigenvalue weighted by Crippen LogP contribution is 2.07. The first kappa shape index (κ1) is 9.31. The lowest BCUT2D eigenvalue weighted by Crippen LogP contribution is -2.04. The van der Waals surface area contributed by atoms with E-state index in [9.17, 15) is 0 Å². The summed E-state index contributed by atoms with van der Waals surface area (Å²) in [6.45, 7) is 0.419. The summed E-state index contributed by atoms with van der Waals surface area (Å²) in [5.41, 5.74) is 0. The molecule has 0 radical (unpaired) electrons. The number of methoxy groups -OCH3 is 1. The normalized spacial score (nSPS) is 9.93. The fourth-order valence-corrected chi connectivity index (χ4v) is 0.928. The van der Waals surface area contributed by atoms with Gasteiger partial charge < -0.3 is 10.1 Å². The molecule has 0 bridgehead atoms. The van der Waals surface area contributed by atoms with E-state index in [-0.39, 0.29) is 0 Å². The lowest BCUT2D eigenvalue weighted by atomic mass is 10.6. The Bertz CT molecular complexity index is 398. The van der Waals surface area contributed by atoms with Gasteiger partial charge in [-0.2, -0.15) is 5.21 Å². The topological polar surface area (TPSA) is 102 Å². The minimum atomic E-state index is 0.419. The Balaban J connectivity index is 1.93. The molecule has 0 aliphatic rings. The van der Waals surface area contributed by atoms with Crippen LogP contribution in [0.25, 0.3) is 0 Å². The molecule has 8 nitrogen and oxygen atoms in total. The van der Waals surface area contributed by atoms with E-state index in [2.05, 4.69) is 35.9 Å². The van der Waals surface area contributed by atoms with Crippen molar-refractivity contribution in [1.82, 2.24) is 30.6 Å². The number of H-pyrrole nitrogens is 1. The van der Waals surface area contributed by atoms with Gasteiger partial charge in [0.05, 0.1) is 26.0 Å². The lowest BCUT2D eigenvalue weighted by Gasteiger charge is -2.02. The molecule has 8 heteroatoms. The van der Waals surface area contributed by atoms with E-state index in [4.69, 9.17) is 4.74 Å². The molecule has 0 atom stereocenters. The zero-order valence-corrected chi connectivity index (χ0v) is 8.01. The second-order valence-electron chi connectivity index (χ2n) is 2.63. The Kier molecular flexibility index (Phi) is 2.68. The summed E-state index contributed by atoms with van der Waals surface area (Å²) in [6, 6.07) is 0. The van der Waals surface area contributed by atoms with Crippen molar-refractivity contribution in [3.63, 3.8) is 0 Å². The van der Waals surface area contributed by atoms with Crippen molar-refractivity contribution in [3.05, 3.63) is 18.2 Å². The van der Waals surface area contributed by atoms with Crippen LogP contribution >= 0.6 is 0 Å². The average Bonchev–Trinajstić information content (AvgIpc) is 2.80. The van der Waals surface area contributed by atoms with Crippen molar-refractivity contribution in [2.45, 2.75) is 6.54 Å². The average molecular weight is 207 g/mol. The summed E-state index contributed by atoms with van der Waals surface area (Å²) in [5.74, 6) is 1.65. The zero-order valence-electron chi connectivity index (χ0n) is 8.01. The molecule has 2 rings (SSSR count). The minimum absolute atomic E-state index is 0.419. The first-order valence-electron chi connectivity index (χ1n) is 4.20. The Hall–Kier alpha value is -2.25. The Labute approximate surface area is 85.1 Å². The van der Waals surface area contributed by atoms with Crippen LogP contribution in [0, 0.1) is 0 Å². The molecule has 0 aliphatic carbocycles. The first-order chi connectivity index (χ1) is 7.38. The maximum atomic E-state index is 4.93. The quantitative estimate of drug-likeness (QED) is 0.703. The number of aromatic nitrogens is 6. The van der Waals surface area contributed by atoms with Crippen LogP contribution in [0.3, 0.4) is 0 Å². The zero-order chi connectivity index (χ0) is 10.5. The number of ether oxygens (including phenoxy) is 1. The fourth-order valence-electron chi connectivity index (χ4n) is 0.928. The van der Waals surface area contributed by atoms with Gasteiger partial charge in [-0.05, 0) is 0 Å². The summed E-state index contributed by atoms with van der Waals surface area (Å²) in [6.07, 6.45) is 3.15. The van der Waals surface area contributed by atoms with Gasteiger partial charge in [0.1, 0.15) is 0 Å². The number of nitrogens with one attached hydrogen (secondary N) is 2. The first-order valence-corrected chi connectivity index (χ1v) is 4.20. The van der Waals surface area contributed by atoms with Crippen molar-refractivity contribution in [1.29, 1.82) is 0 Å². The standard InChI is InChI=1S/C7H9N7O/c1-15-5-2-8-7(9-3-5)10-4-6-11-13-14-12-6/h2-3H,4H2,1H3,(H,8,9,10)(H,11,12,13,14). The van der Waals surface area contributed by atoms with Crippen molar-refractivity contribution >= 4 is 5.95 Å². The highest BCUT2D eigenvalue weighted by atomic mass is 16.5. The van der Waals surface area contributed by atoms with Crippen molar-refractivity contribution < 1.29 is 4.74 Å². The Morgan fingerprint density at radius 2 is 2.20 bits per heavy atom. The molecule has 0 aromatic carbocycles. The van der Waals surface area contributed by atoms with E-state index in [0.717, 1.165) is 0 Å². The van der Waals surface area contributed by atoms with Crippen molar-refractivity contribution in [3.8, 4) is 5.75 Å². The molecular weight excluding hydrogens is 198 g/mol. The van der Waals surface area contributed by atoms with E-state index < -0.39 is 0 Å². The third kappa shape index (κ3) is 2.36. The number of hydrogen-bond acceptors (Lipinski definition) is 7. The monoisotopic (exact) mass is 207 g/mol. The van der Waals surface area contributed by atoms with Gasteiger partial charge in [0.15, 0.2) is 11.6 Å². The number of anilines is 1. The molecular formula is C7H9N7O. The molecule has 0 amide bonds. The van der Waals surface area contributed by atoms with Crippen molar-refractivity contribution in [2.24, 2.45) is 0 Å². The summed E-state index contributed by atoms with van der Waals surface area (Å²) in [5, 5.41) is 16.3. The van der Waals surface area contributed by atoms with Gasteiger partial charge in [0.2, 0.25) is 5.95 Å².